The predicted molar refractivity (Wildman–Crippen MR) is 125 cm³/mol. The van der Waals surface area contributed by atoms with Crippen LogP contribution in [0.2, 0.25) is 4.34 Å². The topological polar surface area (TPSA) is 168 Å². The van der Waals surface area contributed by atoms with Gasteiger partial charge in [0.1, 0.15) is 27.1 Å². The fourth-order valence-corrected chi connectivity index (χ4v) is 6.86. The average Bonchev–Trinajstić information content (AvgIpc) is 3.13. The first kappa shape index (κ1) is 23.5. The Labute approximate surface area is 204 Å². The summed E-state index contributed by atoms with van der Waals surface area (Å²) in [7, 11) is 0. The number of carboxylic acid groups (broad SMARTS) is 1. The number of nitrogens with zero attached hydrogens (tertiary/aromatic N) is 4. The van der Waals surface area contributed by atoms with Gasteiger partial charge in [-0.05, 0) is 22.9 Å². The van der Waals surface area contributed by atoms with E-state index in [2.05, 4.69) is 20.5 Å². The number of thioether (sulfide) groups is 2. The molecule has 1 fully saturated rings. The third-order valence-electron chi connectivity index (χ3n) is 4.84. The molecule has 2 aromatic heterocycles. The van der Waals surface area contributed by atoms with Crippen LogP contribution in [0.1, 0.15) is 17.3 Å². The summed E-state index contributed by atoms with van der Waals surface area (Å²) in [6.07, 6.45) is 3.30. The van der Waals surface area contributed by atoms with Crippen LogP contribution < -0.4 is 11.1 Å². The molecule has 0 aliphatic carbocycles. The molecule has 1 unspecified atom stereocenters. The van der Waals surface area contributed by atoms with Gasteiger partial charge in [0, 0.05) is 28.8 Å². The number of fused-ring (bicyclic) bond motifs is 1. The minimum atomic E-state index is -1.58. The summed E-state index contributed by atoms with van der Waals surface area (Å²) >= 11 is 9.52. The minimum absolute atomic E-state index is 0.0489. The van der Waals surface area contributed by atoms with E-state index >= 15 is 0 Å². The number of hydrogen-bond donors (Lipinski definition) is 3. The van der Waals surface area contributed by atoms with E-state index in [0.717, 1.165) is 21.8 Å². The molecule has 4 rings (SSSR count). The third kappa shape index (κ3) is 4.55. The van der Waals surface area contributed by atoms with E-state index in [-0.39, 0.29) is 20.9 Å². The number of halogens is 1. The Balaban J connectivity index is 1.48. The number of rotatable bonds is 8. The molecule has 4 heterocycles. The Morgan fingerprint density at radius 1 is 1.42 bits per heavy atom. The van der Waals surface area contributed by atoms with Gasteiger partial charge in [-0.2, -0.15) is 0 Å². The Kier molecular flexibility index (Phi) is 6.88. The molecule has 15 heteroatoms. The van der Waals surface area contributed by atoms with Gasteiger partial charge in [0.15, 0.2) is 5.13 Å². The van der Waals surface area contributed by atoms with Crippen molar-refractivity contribution in [2.24, 2.45) is 5.18 Å². The number of aromatic nitrogens is 2. The van der Waals surface area contributed by atoms with Crippen molar-refractivity contribution in [2.75, 3.05) is 11.5 Å². The summed E-state index contributed by atoms with van der Waals surface area (Å²) in [5, 5.41) is 14.5. The number of carbonyl (C=O) groups excluding carboxylic acids is 2. The van der Waals surface area contributed by atoms with Gasteiger partial charge in [0.25, 0.3) is 11.8 Å². The van der Waals surface area contributed by atoms with E-state index in [1.165, 1.54) is 23.5 Å². The fourth-order valence-electron chi connectivity index (χ4n) is 3.30. The van der Waals surface area contributed by atoms with Crippen molar-refractivity contribution < 1.29 is 19.5 Å². The van der Waals surface area contributed by atoms with Crippen molar-refractivity contribution in [1.29, 1.82) is 0 Å². The highest BCUT2D eigenvalue weighted by Gasteiger charge is 2.54. The number of pyridine rings is 1. The molecule has 0 saturated carbocycles. The van der Waals surface area contributed by atoms with Crippen molar-refractivity contribution >= 4 is 69.4 Å². The van der Waals surface area contributed by atoms with Crippen LogP contribution in [0.15, 0.2) is 40.3 Å². The summed E-state index contributed by atoms with van der Waals surface area (Å²) in [6, 6.07) is 1.06. The number of amides is 2. The highest BCUT2D eigenvalue weighted by atomic mass is 35.5. The molecule has 11 nitrogen and oxygen atoms in total. The Hall–Kier alpha value is -2.68. The lowest BCUT2D eigenvalue weighted by Crippen LogP contribution is -2.70. The second-order valence-corrected chi connectivity index (χ2v) is 10.6. The van der Waals surface area contributed by atoms with Gasteiger partial charge in [-0.3, -0.25) is 19.5 Å². The first-order chi connectivity index (χ1) is 15.8. The first-order valence-corrected chi connectivity index (χ1v) is 12.5. The number of nitrogens with one attached hydrogen (secondary N) is 1. The van der Waals surface area contributed by atoms with E-state index < -0.39 is 35.2 Å². The molecule has 1 saturated heterocycles. The molecule has 2 aliphatic heterocycles. The predicted octanol–water partition coefficient (Wildman–Crippen LogP) is 2.21. The van der Waals surface area contributed by atoms with Crippen LogP contribution in [0.3, 0.4) is 0 Å². The van der Waals surface area contributed by atoms with Crippen molar-refractivity contribution in [2.45, 2.75) is 23.2 Å². The molecular weight excluding hydrogens is 512 g/mol. The number of nitrogens with two attached hydrogens (primary N) is 1. The summed E-state index contributed by atoms with van der Waals surface area (Å²) in [5.41, 5.74) is 6.33. The van der Waals surface area contributed by atoms with E-state index in [1.807, 2.05) is 12.1 Å². The van der Waals surface area contributed by atoms with Gasteiger partial charge >= 0.3 is 5.97 Å². The Morgan fingerprint density at radius 2 is 2.15 bits per heavy atom. The third-order valence-corrected chi connectivity index (χ3v) is 8.58. The molecule has 3 atom stereocenters. The van der Waals surface area contributed by atoms with Gasteiger partial charge in [-0.25, -0.2) is 9.78 Å². The zero-order valence-electron chi connectivity index (χ0n) is 16.5. The molecule has 0 bridgehead atoms. The lowest BCUT2D eigenvalue weighted by atomic mass is 10.0. The minimum Gasteiger partial charge on any atom is -0.477 e. The number of carbonyl (C=O) groups is 3. The molecule has 172 valence electrons. The fraction of sp³-hybridized carbons (Fsp3) is 0.278. The molecule has 2 amide bonds. The molecule has 0 aromatic carbocycles. The normalized spacial score (nSPS) is 20.6. The quantitative estimate of drug-likeness (QED) is 0.342. The molecule has 2 aliphatic rings. The van der Waals surface area contributed by atoms with Crippen LogP contribution in [0, 0.1) is 4.91 Å². The summed E-state index contributed by atoms with van der Waals surface area (Å²) < 4.78 is 0.0489. The van der Waals surface area contributed by atoms with Crippen LogP contribution in [-0.4, -0.2) is 54.9 Å². The number of aliphatic carboxylic acids is 1. The first-order valence-electron chi connectivity index (χ1n) is 9.29. The number of anilines is 1. The summed E-state index contributed by atoms with van der Waals surface area (Å²) in [6.45, 7) is 0. The maximum Gasteiger partial charge on any atom is 0.353 e. The van der Waals surface area contributed by atoms with E-state index in [0.29, 0.717) is 16.4 Å². The zero-order valence-corrected chi connectivity index (χ0v) is 19.7. The van der Waals surface area contributed by atoms with Gasteiger partial charge in [-0.15, -0.1) is 28.4 Å². The maximum atomic E-state index is 12.8. The number of nitrogen functional groups attached to an aromatic ring is 1. The van der Waals surface area contributed by atoms with Crippen molar-refractivity contribution in [1.82, 2.24) is 20.2 Å². The zero-order chi connectivity index (χ0) is 23.7. The standard InChI is InChI=1S/C18H15ClN6O5S3/c19-13-9(23-18(20)33-13)10(24-30)14(26)22-11-15(27)25-12(17(28)29)8(6-32-16(11)25)31-5-7-1-3-21-4-2-7/h1-4,10-11,16H,5-6H2,(H2,20,23)(H,22,26)(H,28,29)/t10?,11-,16+/m1/s1. The van der Waals surface area contributed by atoms with Crippen LogP contribution in [0.4, 0.5) is 5.13 Å². The number of hydrogen-bond acceptors (Lipinski definition) is 11. The van der Waals surface area contributed by atoms with E-state index in [4.69, 9.17) is 17.3 Å². The number of thiazole rings is 1. The summed E-state index contributed by atoms with van der Waals surface area (Å²) in [4.78, 5) is 58.2. The molecule has 2 aromatic rings. The molecule has 0 spiro atoms. The van der Waals surface area contributed by atoms with Gasteiger partial charge in [0.05, 0.1) is 0 Å². The Morgan fingerprint density at radius 3 is 2.76 bits per heavy atom. The molecular formula is C18H15ClN6O5S3. The average molecular weight is 527 g/mol. The number of nitroso groups, excluding NO2 is 1. The molecule has 0 radical (unpaired) electrons. The van der Waals surface area contributed by atoms with Gasteiger partial charge in [0.2, 0.25) is 6.04 Å². The van der Waals surface area contributed by atoms with Crippen molar-refractivity contribution in [3.05, 3.63) is 55.6 Å². The largest absolute Gasteiger partial charge is 0.477 e. The summed E-state index contributed by atoms with van der Waals surface area (Å²) in [5.74, 6) is -1.82. The lowest BCUT2D eigenvalue weighted by Gasteiger charge is -2.49. The van der Waals surface area contributed by atoms with Crippen LogP contribution in [0.25, 0.3) is 0 Å². The molecule has 4 N–H and O–H groups in total. The van der Waals surface area contributed by atoms with Crippen LogP contribution >= 0.6 is 46.5 Å². The second kappa shape index (κ2) is 9.67. The van der Waals surface area contributed by atoms with Crippen molar-refractivity contribution in [3.8, 4) is 0 Å². The van der Waals surface area contributed by atoms with Gasteiger partial charge < -0.3 is 16.2 Å². The monoisotopic (exact) mass is 526 g/mol. The SMILES string of the molecule is Nc1nc(C(N=O)C(=O)N[C@@H]2C(=O)N3C(C(=O)O)=C(SCc4ccncc4)CS[C@@H]23)c(Cl)s1. The lowest BCUT2D eigenvalue weighted by molar-refractivity contribution is -0.150. The highest BCUT2D eigenvalue weighted by molar-refractivity contribution is 8.05. The number of β-lactam (4-membered cyclic amide) rings is 1. The molecule has 33 heavy (non-hydrogen) atoms. The van der Waals surface area contributed by atoms with Gasteiger partial charge in [-0.1, -0.05) is 22.9 Å². The van der Waals surface area contributed by atoms with Crippen LogP contribution in [-0.2, 0) is 20.1 Å². The van der Waals surface area contributed by atoms with E-state index in [1.54, 1.807) is 12.4 Å². The smallest absolute Gasteiger partial charge is 0.353 e. The maximum absolute atomic E-state index is 12.8. The van der Waals surface area contributed by atoms with Crippen LogP contribution in [0.5, 0.6) is 0 Å². The highest BCUT2D eigenvalue weighted by Crippen LogP contribution is 2.44. The number of carboxylic acids is 1. The Bertz CT molecular complexity index is 1160. The second-order valence-electron chi connectivity index (χ2n) is 6.84. The van der Waals surface area contributed by atoms with E-state index in [9.17, 15) is 24.4 Å². The van der Waals surface area contributed by atoms with Crippen molar-refractivity contribution in [3.63, 3.8) is 0 Å².